The lowest BCUT2D eigenvalue weighted by Gasteiger charge is -2.35. The first-order valence-electron chi connectivity index (χ1n) is 7.69. The molecule has 0 saturated heterocycles. The maximum absolute atomic E-state index is 5.80. The summed E-state index contributed by atoms with van der Waals surface area (Å²) in [6, 6.07) is 9.31. The van der Waals surface area contributed by atoms with E-state index in [0.717, 1.165) is 13.2 Å². The van der Waals surface area contributed by atoms with Crippen LogP contribution in [0.5, 0.6) is 0 Å². The first kappa shape index (κ1) is 14.5. The molecule has 3 unspecified atom stereocenters. The monoisotopic (exact) mass is 261 g/mol. The van der Waals surface area contributed by atoms with Crippen LogP contribution < -0.4 is 5.32 Å². The van der Waals surface area contributed by atoms with Gasteiger partial charge in [-0.2, -0.15) is 0 Å². The van der Waals surface area contributed by atoms with Crippen molar-refractivity contribution >= 4 is 0 Å². The molecule has 1 aliphatic rings. The third-order valence-electron chi connectivity index (χ3n) is 4.15. The molecule has 1 N–H and O–H groups in total. The van der Waals surface area contributed by atoms with E-state index >= 15 is 0 Å². The largest absolute Gasteiger partial charge is 0.377 e. The van der Waals surface area contributed by atoms with Gasteiger partial charge < -0.3 is 10.1 Å². The van der Waals surface area contributed by atoms with Gasteiger partial charge in [0.15, 0.2) is 0 Å². The van der Waals surface area contributed by atoms with E-state index < -0.39 is 0 Å². The van der Waals surface area contributed by atoms with Crippen LogP contribution in [0.1, 0.15) is 50.7 Å². The van der Waals surface area contributed by atoms with Crippen molar-refractivity contribution in [2.75, 3.05) is 13.2 Å². The van der Waals surface area contributed by atoms with Crippen molar-refractivity contribution in [1.29, 1.82) is 0 Å². The van der Waals surface area contributed by atoms with Gasteiger partial charge in [0.2, 0.25) is 0 Å². The molecule has 0 aliphatic heterocycles. The van der Waals surface area contributed by atoms with Gasteiger partial charge in [0.1, 0.15) is 0 Å². The molecular formula is C17H27NO. The van der Waals surface area contributed by atoms with Crippen molar-refractivity contribution in [2.24, 2.45) is 0 Å². The molecule has 1 aromatic rings. The van der Waals surface area contributed by atoms with Gasteiger partial charge in [-0.05, 0) is 56.7 Å². The molecule has 106 valence electrons. The van der Waals surface area contributed by atoms with Crippen LogP contribution in [0.25, 0.3) is 0 Å². The summed E-state index contributed by atoms with van der Waals surface area (Å²) in [5, 5.41) is 3.66. The van der Waals surface area contributed by atoms with E-state index in [4.69, 9.17) is 4.74 Å². The van der Waals surface area contributed by atoms with Crippen molar-refractivity contribution < 1.29 is 4.74 Å². The third kappa shape index (κ3) is 3.58. The second-order valence-electron chi connectivity index (χ2n) is 5.56. The van der Waals surface area contributed by atoms with Gasteiger partial charge in [-0.15, -0.1) is 0 Å². The number of ether oxygens (including phenoxy) is 1. The number of hydrogen-bond acceptors (Lipinski definition) is 2. The predicted octanol–water partition coefficient (Wildman–Crippen LogP) is 3.51. The Morgan fingerprint density at radius 1 is 1.32 bits per heavy atom. The number of nitrogens with one attached hydrogen (secondary N) is 1. The topological polar surface area (TPSA) is 21.3 Å². The summed E-state index contributed by atoms with van der Waals surface area (Å²) >= 11 is 0. The smallest absolute Gasteiger partial charge is 0.0699 e. The molecule has 0 heterocycles. The molecule has 1 aromatic carbocycles. The Kier molecular flexibility index (Phi) is 5.41. The van der Waals surface area contributed by atoms with E-state index in [9.17, 15) is 0 Å². The van der Waals surface area contributed by atoms with Crippen LogP contribution in [0.3, 0.4) is 0 Å². The lowest BCUT2D eigenvalue weighted by Crippen LogP contribution is -2.42. The Hall–Kier alpha value is -0.860. The van der Waals surface area contributed by atoms with Crippen LogP contribution in [0.2, 0.25) is 0 Å². The molecule has 0 fully saturated rings. The zero-order chi connectivity index (χ0) is 13.7. The normalized spacial score (nSPS) is 20.5. The second-order valence-corrected chi connectivity index (χ2v) is 5.56. The van der Waals surface area contributed by atoms with Gasteiger partial charge in [-0.3, -0.25) is 0 Å². The minimum atomic E-state index is 0.296. The van der Waals surface area contributed by atoms with E-state index in [-0.39, 0.29) is 0 Å². The van der Waals surface area contributed by atoms with Gasteiger partial charge in [0, 0.05) is 12.6 Å². The SMILES string of the molecule is CCCNC(CC1Cc2ccccc21)C(C)OCC. The Balaban J connectivity index is 1.93. The summed E-state index contributed by atoms with van der Waals surface area (Å²) in [4.78, 5) is 0. The van der Waals surface area contributed by atoms with Gasteiger partial charge in [0.05, 0.1) is 6.10 Å². The van der Waals surface area contributed by atoms with Crippen molar-refractivity contribution in [1.82, 2.24) is 5.32 Å². The molecule has 2 rings (SSSR count). The fourth-order valence-electron chi connectivity index (χ4n) is 3.03. The summed E-state index contributed by atoms with van der Waals surface area (Å²) in [7, 11) is 0. The highest BCUT2D eigenvalue weighted by Gasteiger charge is 2.29. The average Bonchev–Trinajstić information content (AvgIpc) is 2.39. The molecule has 19 heavy (non-hydrogen) atoms. The van der Waals surface area contributed by atoms with Crippen LogP contribution in [-0.2, 0) is 11.2 Å². The molecule has 2 nitrogen and oxygen atoms in total. The second kappa shape index (κ2) is 7.06. The van der Waals surface area contributed by atoms with Crippen molar-refractivity contribution in [2.45, 2.75) is 58.1 Å². The molecule has 0 bridgehead atoms. The Labute approximate surface area is 117 Å². The first-order chi connectivity index (χ1) is 9.26. The fourth-order valence-corrected chi connectivity index (χ4v) is 3.03. The number of fused-ring (bicyclic) bond motifs is 1. The number of hydrogen-bond donors (Lipinski definition) is 1. The number of benzene rings is 1. The summed E-state index contributed by atoms with van der Waals surface area (Å²) < 4.78 is 5.80. The maximum Gasteiger partial charge on any atom is 0.0699 e. The molecule has 0 radical (unpaired) electrons. The summed E-state index contributed by atoms with van der Waals surface area (Å²) in [5.74, 6) is 0.716. The summed E-state index contributed by atoms with van der Waals surface area (Å²) in [6.45, 7) is 8.37. The molecule has 0 saturated carbocycles. The maximum atomic E-state index is 5.80. The summed E-state index contributed by atoms with van der Waals surface area (Å²) in [6.07, 6.45) is 3.90. The predicted molar refractivity (Wildman–Crippen MR) is 80.7 cm³/mol. The Morgan fingerprint density at radius 3 is 2.79 bits per heavy atom. The molecule has 2 heteroatoms. The molecule has 0 spiro atoms. The van der Waals surface area contributed by atoms with Crippen LogP contribution in [-0.4, -0.2) is 25.3 Å². The van der Waals surface area contributed by atoms with Crippen molar-refractivity contribution in [3.05, 3.63) is 35.4 Å². The van der Waals surface area contributed by atoms with Gasteiger partial charge >= 0.3 is 0 Å². The molecule has 1 aliphatic carbocycles. The van der Waals surface area contributed by atoms with Gasteiger partial charge in [-0.25, -0.2) is 0 Å². The fraction of sp³-hybridized carbons (Fsp3) is 0.647. The molecule has 0 amide bonds. The van der Waals surface area contributed by atoms with Crippen molar-refractivity contribution in [3.63, 3.8) is 0 Å². The molecule has 0 aromatic heterocycles. The van der Waals surface area contributed by atoms with E-state index in [1.165, 1.54) is 24.8 Å². The zero-order valence-electron chi connectivity index (χ0n) is 12.5. The number of rotatable bonds is 8. The standard InChI is InChI=1S/C17H27NO/c1-4-10-18-17(13(3)19-5-2)12-15-11-14-8-6-7-9-16(14)15/h6-9,13,15,17-18H,4-5,10-12H2,1-3H3. The molecule has 3 atom stereocenters. The highest BCUT2D eigenvalue weighted by Crippen LogP contribution is 2.38. The van der Waals surface area contributed by atoms with Crippen LogP contribution in [0.4, 0.5) is 0 Å². The van der Waals surface area contributed by atoms with E-state index in [1.807, 2.05) is 0 Å². The Morgan fingerprint density at radius 2 is 2.11 bits per heavy atom. The zero-order valence-corrected chi connectivity index (χ0v) is 12.5. The Bertz CT molecular complexity index is 391. The minimum Gasteiger partial charge on any atom is -0.377 e. The van der Waals surface area contributed by atoms with E-state index in [2.05, 4.69) is 50.4 Å². The van der Waals surface area contributed by atoms with Crippen LogP contribution >= 0.6 is 0 Å². The highest BCUT2D eigenvalue weighted by atomic mass is 16.5. The lowest BCUT2D eigenvalue weighted by atomic mass is 9.74. The van der Waals surface area contributed by atoms with Crippen LogP contribution in [0, 0.1) is 0 Å². The summed E-state index contributed by atoms with van der Waals surface area (Å²) in [5.41, 5.74) is 3.08. The third-order valence-corrected chi connectivity index (χ3v) is 4.15. The molecular weight excluding hydrogens is 234 g/mol. The van der Waals surface area contributed by atoms with Crippen LogP contribution in [0.15, 0.2) is 24.3 Å². The quantitative estimate of drug-likeness (QED) is 0.773. The lowest BCUT2D eigenvalue weighted by molar-refractivity contribution is 0.0426. The minimum absolute atomic E-state index is 0.296. The highest BCUT2D eigenvalue weighted by molar-refractivity contribution is 5.39. The van der Waals surface area contributed by atoms with Gasteiger partial charge in [-0.1, -0.05) is 31.2 Å². The van der Waals surface area contributed by atoms with Gasteiger partial charge in [0.25, 0.3) is 0 Å². The average molecular weight is 261 g/mol. The van der Waals surface area contributed by atoms with E-state index in [0.29, 0.717) is 18.1 Å². The first-order valence-corrected chi connectivity index (χ1v) is 7.69. The van der Waals surface area contributed by atoms with Crippen molar-refractivity contribution in [3.8, 4) is 0 Å². The van der Waals surface area contributed by atoms with E-state index in [1.54, 1.807) is 5.56 Å².